The predicted octanol–water partition coefficient (Wildman–Crippen LogP) is 5.51. The number of cyclic esters (lactones) is 1. The Morgan fingerprint density at radius 1 is 1.17 bits per heavy atom. The van der Waals surface area contributed by atoms with Crippen molar-refractivity contribution in [1.29, 1.82) is 0 Å². The third kappa shape index (κ3) is 11.5. The van der Waals surface area contributed by atoms with E-state index in [-0.39, 0.29) is 23.5 Å². The van der Waals surface area contributed by atoms with Crippen LogP contribution in [0.3, 0.4) is 0 Å². The van der Waals surface area contributed by atoms with Gasteiger partial charge in [-0.25, -0.2) is 4.79 Å². The first-order valence-electron chi connectivity index (χ1n) is 14.8. The van der Waals surface area contributed by atoms with Crippen LogP contribution < -0.4 is 0 Å². The van der Waals surface area contributed by atoms with Gasteiger partial charge in [0.1, 0.15) is 12.2 Å². The summed E-state index contributed by atoms with van der Waals surface area (Å²) in [7, 11) is 1.51. The number of aliphatic hydroxyl groups excluding tert-OH is 3. The summed E-state index contributed by atoms with van der Waals surface area (Å²) in [6.07, 6.45) is 9.82. The van der Waals surface area contributed by atoms with Crippen molar-refractivity contribution in [2.45, 2.75) is 106 Å². The molecule has 1 heterocycles. The highest BCUT2D eigenvalue weighted by Crippen LogP contribution is 2.27. The first-order valence-corrected chi connectivity index (χ1v) is 14.8. The molecule has 0 amide bonds. The molecule has 3 N–H and O–H groups in total. The number of carbonyl (C=O) groups is 2. The summed E-state index contributed by atoms with van der Waals surface area (Å²) in [6, 6.07) is 0. The summed E-state index contributed by atoms with van der Waals surface area (Å²) in [5, 5.41) is 32.1. The molecule has 1 aliphatic rings. The molecule has 0 aromatic heterocycles. The van der Waals surface area contributed by atoms with Crippen molar-refractivity contribution < 1.29 is 34.4 Å². The average molecular weight is 575 g/mol. The van der Waals surface area contributed by atoms with E-state index in [2.05, 4.69) is 0 Å². The molecule has 0 saturated carbocycles. The number of allylic oxidation sites excluding steroid dienone is 6. The Morgan fingerprint density at radius 2 is 1.80 bits per heavy atom. The highest BCUT2D eigenvalue weighted by Gasteiger charge is 2.37. The Kier molecular flexibility index (Phi) is 15.8. The Morgan fingerprint density at radius 3 is 2.39 bits per heavy atom. The van der Waals surface area contributed by atoms with Gasteiger partial charge in [-0.3, -0.25) is 4.79 Å². The van der Waals surface area contributed by atoms with Crippen LogP contribution in [0.4, 0.5) is 0 Å². The molecule has 0 aromatic rings. The Labute approximate surface area is 247 Å². The molecule has 0 saturated heterocycles. The molecule has 0 bridgehead atoms. The fourth-order valence-corrected chi connectivity index (χ4v) is 5.23. The summed E-state index contributed by atoms with van der Waals surface area (Å²) < 4.78 is 11.7. The summed E-state index contributed by atoms with van der Waals surface area (Å²) in [5.74, 6) is -2.52. The molecular formula is C34H54O7. The van der Waals surface area contributed by atoms with E-state index in [0.717, 1.165) is 11.1 Å². The van der Waals surface area contributed by atoms with Crippen molar-refractivity contribution in [2.24, 2.45) is 29.6 Å². The van der Waals surface area contributed by atoms with Crippen LogP contribution >= 0.6 is 0 Å². The summed E-state index contributed by atoms with van der Waals surface area (Å²) in [4.78, 5) is 26.2. The molecular weight excluding hydrogens is 520 g/mol. The van der Waals surface area contributed by atoms with Crippen molar-refractivity contribution in [1.82, 2.24) is 0 Å². The van der Waals surface area contributed by atoms with E-state index >= 15 is 0 Å². The second kappa shape index (κ2) is 17.6. The molecule has 1 aliphatic heterocycles. The van der Waals surface area contributed by atoms with Gasteiger partial charge in [-0.1, -0.05) is 83.1 Å². The first kappa shape index (κ1) is 36.7. The predicted molar refractivity (Wildman–Crippen MR) is 164 cm³/mol. The van der Waals surface area contributed by atoms with Gasteiger partial charge in [0.05, 0.1) is 18.3 Å². The van der Waals surface area contributed by atoms with E-state index in [1.807, 2.05) is 59.8 Å². The molecule has 0 radical (unpaired) electrons. The van der Waals surface area contributed by atoms with Crippen LogP contribution in [0.5, 0.6) is 0 Å². The van der Waals surface area contributed by atoms with E-state index < -0.39 is 48.3 Å². The van der Waals surface area contributed by atoms with E-state index in [9.17, 15) is 24.9 Å². The van der Waals surface area contributed by atoms with Gasteiger partial charge in [0, 0.05) is 36.4 Å². The first-order chi connectivity index (χ1) is 19.1. The fourth-order valence-electron chi connectivity index (χ4n) is 5.23. The third-order valence-corrected chi connectivity index (χ3v) is 8.19. The number of hydrogen-bond donors (Lipinski definition) is 3. The number of methoxy groups -OCH3 is 1. The lowest BCUT2D eigenvalue weighted by Gasteiger charge is -2.33. The van der Waals surface area contributed by atoms with Crippen LogP contribution in [0, 0.1) is 29.6 Å². The van der Waals surface area contributed by atoms with Crippen LogP contribution in [-0.2, 0) is 19.1 Å². The second-order valence-corrected chi connectivity index (χ2v) is 12.0. The highest BCUT2D eigenvalue weighted by molar-refractivity contribution is 5.92. The van der Waals surface area contributed by atoms with Gasteiger partial charge in [0.25, 0.3) is 0 Å². The van der Waals surface area contributed by atoms with Crippen LogP contribution in [0.15, 0.2) is 59.3 Å². The molecule has 0 unspecified atom stereocenters. The molecule has 7 heteroatoms. The smallest absolute Gasteiger partial charge is 0.334 e. The van der Waals surface area contributed by atoms with Crippen molar-refractivity contribution in [2.75, 3.05) is 7.11 Å². The van der Waals surface area contributed by atoms with Crippen molar-refractivity contribution in [3.05, 3.63) is 59.3 Å². The molecule has 7 nitrogen and oxygen atoms in total. The lowest BCUT2D eigenvalue weighted by atomic mass is 9.84. The molecule has 232 valence electrons. The standard InChI is InChI=1S/C34H54O7/c1-11-28(35)22(4)15-16-29(36)26(8)32(38)27(9)33-30(40-10)14-12-13-20(2)17-23(5)31(37)24(6)18-21(3)19-25(7)34(39)41-33/h12-16,18-19,22-24,26-28,30-33,35,37-38H,11,17H2,1-10H3/b14-12+,16-15+,20-13+,21-18+,25-19+/t22-,23-,24-,26-,27-,28-,30-,31-,32-,33-/m0/s1. The SMILES string of the molecule is CC[C@H](O)[C@@H](C)/C=C/C(=O)[C@H](C)[C@H](O)[C@H](C)[C@@H]1OC(=O)/C(C)=C/C(C)=C/[C@H](C)[C@@H](O)[C@@H](C)C/C(C)=C/C=C/[C@@H]1OC. The quantitative estimate of drug-likeness (QED) is 0.246. The van der Waals surface area contributed by atoms with Gasteiger partial charge >= 0.3 is 5.97 Å². The Bertz CT molecular complexity index is 1000. The van der Waals surface area contributed by atoms with Crippen LogP contribution in [0.1, 0.15) is 75.2 Å². The van der Waals surface area contributed by atoms with Gasteiger partial charge in [0.2, 0.25) is 0 Å². The van der Waals surface area contributed by atoms with Gasteiger partial charge in [-0.15, -0.1) is 0 Å². The minimum absolute atomic E-state index is 0.0316. The van der Waals surface area contributed by atoms with E-state index in [0.29, 0.717) is 18.4 Å². The maximum atomic E-state index is 13.2. The molecule has 10 atom stereocenters. The number of aliphatic hydroxyl groups is 3. The summed E-state index contributed by atoms with van der Waals surface area (Å²) in [5.41, 5.74) is 2.28. The molecule has 41 heavy (non-hydrogen) atoms. The molecule has 0 aliphatic carbocycles. The fraction of sp³-hybridized carbons (Fsp3) is 0.647. The zero-order valence-corrected chi connectivity index (χ0v) is 26.7. The van der Waals surface area contributed by atoms with Crippen molar-refractivity contribution in [3.8, 4) is 0 Å². The third-order valence-electron chi connectivity index (χ3n) is 8.19. The molecule has 1 rings (SSSR count). The number of hydrogen-bond acceptors (Lipinski definition) is 7. The minimum atomic E-state index is -1.13. The summed E-state index contributed by atoms with van der Waals surface area (Å²) >= 11 is 0. The second-order valence-electron chi connectivity index (χ2n) is 12.0. The molecule has 0 aromatic carbocycles. The number of esters is 1. The largest absolute Gasteiger partial charge is 0.456 e. The molecule has 0 fully saturated rings. The Balaban J connectivity index is 3.41. The number of rotatable bonds is 9. The van der Waals surface area contributed by atoms with Crippen LogP contribution in [-0.4, -0.2) is 64.7 Å². The van der Waals surface area contributed by atoms with Crippen molar-refractivity contribution in [3.63, 3.8) is 0 Å². The monoisotopic (exact) mass is 574 g/mol. The topological polar surface area (TPSA) is 113 Å². The van der Waals surface area contributed by atoms with Gasteiger partial charge in [-0.2, -0.15) is 0 Å². The average Bonchev–Trinajstić information content (AvgIpc) is 2.93. The Hall–Kier alpha value is -2.32. The normalized spacial score (nSPS) is 33.6. The van der Waals surface area contributed by atoms with Crippen LogP contribution in [0.2, 0.25) is 0 Å². The molecule has 0 spiro atoms. The van der Waals surface area contributed by atoms with Crippen molar-refractivity contribution >= 4 is 11.8 Å². The van der Waals surface area contributed by atoms with E-state index in [4.69, 9.17) is 9.47 Å². The van der Waals surface area contributed by atoms with Gasteiger partial charge < -0.3 is 24.8 Å². The highest BCUT2D eigenvalue weighted by atomic mass is 16.6. The number of ketones is 1. The minimum Gasteiger partial charge on any atom is -0.456 e. The van der Waals surface area contributed by atoms with E-state index in [1.54, 1.807) is 39.0 Å². The maximum absolute atomic E-state index is 13.2. The zero-order valence-electron chi connectivity index (χ0n) is 26.7. The number of ether oxygens (including phenoxy) is 2. The lowest BCUT2D eigenvalue weighted by molar-refractivity contribution is -0.158. The maximum Gasteiger partial charge on any atom is 0.334 e. The number of carbonyl (C=O) groups excluding carboxylic acids is 2. The van der Waals surface area contributed by atoms with Gasteiger partial charge in [-0.05, 0) is 51.7 Å². The van der Waals surface area contributed by atoms with Gasteiger partial charge in [0.15, 0.2) is 5.78 Å². The van der Waals surface area contributed by atoms with E-state index in [1.165, 1.54) is 13.2 Å². The summed E-state index contributed by atoms with van der Waals surface area (Å²) in [6.45, 7) is 16.6. The lowest BCUT2D eigenvalue weighted by Crippen LogP contribution is -2.45. The zero-order chi connectivity index (χ0) is 31.4. The van der Waals surface area contributed by atoms with Crippen LogP contribution in [0.25, 0.3) is 0 Å².